The normalized spacial score (nSPS) is 15.9. The molecule has 7 heteroatoms. The van der Waals surface area contributed by atoms with Crippen LogP contribution in [0.3, 0.4) is 0 Å². The molecule has 0 saturated heterocycles. The zero-order valence-electron chi connectivity index (χ0n) is 13.4. The Balaban J connectivity index is 1.36. The van der Waals surface area contributed by atoms with Gasteiger partial charge in [0.15, 0.2) is 0 Å². The van der Waals surface area contributed by atoms with E-state index in [9.17, 15) is 4.79 Å². The van der Waals surface area contributed by atoms with Crippen LogP contribution in [0.5, 0.6) is 5.75 Å². The van der Waals surface area contributed by atoms with Crippen LogP contribution in [0.15, 0.2) is 53.3 Å². The Morgan fingerprint density at radius 2 is 2.16 bits per heavy atom. The van der Waals surface area contributed by atoms with Gasteiger partial charge in [-0.1, -0.05) is 23.4 Å². The lowest BCUT2D eigenvalue weighted by molar-refractivity contribution is -0.126. The average molecular weight is 336 g/mol. The second-order valence-corrected chi connectivity index (χ2v) is 5.79. The maximum Gasteiger partial charge on any atom is 0.246 e. The van der Waals surface area contributed by atoms with Crippen molar-refractivity contribution >= 4 is 5.91 Å². The molecule has 3 heterocycles. The number of hydrogen-bond donors (Lipinski definition) is 1. The van der Waals surface area contributed by atoms with E-state index in [4.69, 9.17) is 9.26 Å². The average Bonchev–Trinajstić information content (AvgIpc) is 3.15. The molecule has 3 aromatic rings. The Morgan fingerprint density at radius 1 is 1.24 bits per heavy atom. The fourth-order valence-electron chi connectivity index (χ4n) is 2.74. The maximum absolute atomic E-state index is 12.4. The monoisotopic (exact) mass is 336 g/mol. The number of aromatic nitrogens is 3. The van der Waals surface area contributed by atoms with Crippen molar-refractivity contribution in [1.82, 2.24) is 20.4 Å². The SMILES string of the molecule is O=C(NCc1nc(-c2cccnc2)no1)C1COc2ccccc2C1. The predicted octanol–water partition coefficient (Wildman–Crippen LogP) is 2.00. The first-order valence-electron chi connectivity index (χ1n) is 8.01. The molecule has 1 atom stereocenters. The molecule has 0 fully saturated rings. The minimum atomic E-state index is -0.226. The number of hydrogen-bond acceptors (Lipinski definition) is 6. The molecule has 0 saturated carbocycles. The lowest BCUT2D eigenvalue weighted by atomic mass is 9.96. The van der Waals surface area contributed by atoms with Crippen LogP contribution in [0.2, 0.25) is 0 Å². The number of nitrogens with one attached hydrogen (secondary N) is 1. The largest absolute Gasteiger partial charge is 0.492 e. The third-order valence-corrected chi connectivity index (χ3v) is 4.05. The molecule has 1 aliphatic heterocycles. The molecule has 126 valence electrons. The number of pyridine rings is 1. The van der Waals surface area contributed by atoms with E-state index in [1.807, 2.05) is 30.3 Å². The van der Waals surface area contributed by atoms with E-state index < -0.39 is 0 Å². The van der Waals surface area contributed by atoms with Gasteiger partial charge in [-0.25, -0.2) is 0 Å². The highest BCUT2D eigenvalue weighted by Gasteiger charge is 2.25. The Bertz CT molecular complexity index is 879. The summed E-state index contributed by atoms with van der Waals surface area (Å²) >= 11 is 0. The van der Waals surface area contributed by atoms with Crippen LogP contribution in [-0.2, 0) is 17.8 Å². The number of ether oxygens (including phenoxy) is 1. The van der Waals surface area contributed by atoms with Gasteiger partial charge in [-0.3, -0.25) is 9.78 Å². The van der Waals surface area contributed by atoms with Gasteiger partial charge in [-0.2, -0.15) is 4.98 Å². The van der Waals surface area contributed by atoms with Crippen molar-refractivity contribution in [3.05, 3.63) is 60.2 Å². The lowest BCUT2D eigenvalue weighted by Crippen LogP contribution is -2.37. The van der Waals surface area contributed by atoms with E-state index in [-0.39, 0.29) is 18.4 Å². The number of para-hydroxylation sites is 1. The first-order chi connectivity index (χ1) is 12.3. The topological polar surface area (TPSA) is 90.1 Å². The van der Waals surface area contributed by atoms with Gasteiger partial charge in [0.25, 0.3) is 0 Å². The number of carbonyl (C=O) groups excluding carboxylic acids is 1. The zero-order chi connectivity index (χ0) is 17.1. The molecule has 0 aliphatic carbocycles. The van der Waals surface area contributed by atoms with E-state index in [1.165, 1.54) is 0 Å². The van der Waals surface area contributed by atoms with Crippen molar-refractivity contribution in [2.45, 2.75) is 13.0 Å². The molecule has 1 N–H and O–H groups in total. The second-order valence-electron chi connectivity index (χ2n) is 5.79. The molecule has 2 aromatic heterocycles. The third-order valence-electron chi connectivity index (χ3n) is 4.05. The highest BCUT2D eigenvalue weighted by Crippen LogP contribution is 2.26. The van der Waals surface area contributed by atoms with Gasteiger partial charge in [0.2, 0.25) is 17.6 Å². The van der Waals surface area contributed by atoms with Gasteiger partial charge in [0, 0.05) is 18.0 Å². The number of nitrogens with zero attached hydrogens (tertiary/aromatic N) is 3. The Labute approximate surface area is 144 Å². The summed E-state index contributed by atoms with van der Waals surface area (Å²) in [5.74, 6) is 1.34. The molecule has 4 rings (SSSR count). The predicted molar refractivity (Wildman–Crippen MR) is 88.5 cm³/mol. The quantitative estimate of drug-likeness (QED) is 0.784. The summed E-state index contributed by atoms with van der Waals surface area (Å²) in [5, 5.41) is 6.74. The van der Waals surface area contributed by atoms with Gasteiger partial charge in [-0.15, -0.1) is 0 Å². The third kappa shape index (κ3) is 3.35. The fraction of sp³-hybridized carbons (Fsp3) is 0.222. The van der Waals surface area contributed by atoms with Gasteiger partial charge in [0.05, 0.1) is 12.5 Å². The van der Waals surface area contributed by atoms with Crippen LogP contribution in [0.1, 0.15) is 11.5 Å². The van der Waals surface area contributed by atoms with E-state index in [1.54, 1.807) is 18.5 Å². The zero-order valence-corrected chi connectivity index (χ0v) is 13.4. The summed E-state index contributed by atoms with van der Waals surface area (Å²) < 4.78 is 10.8. The molecule has 7 nitrogen and oxygen atoms in total. The summed E-state index contributed by atoms with van der Waals surface area (Å²) in [6, 6.07) is 11.4. The summed E-state index contributed by atoms with van der Waals surface area (Å²) in [5.41, 5.74) is 1.81. The van der Waals surface area contributed by atoms with Crippen molar-refractivity contribution in [2.75, 3.05) is 6.61 Å². The summed E-state index contributed by atoms with van der Waals surface area (Å²) in [6.07, 6.45) is 3.99. The Morgan fingerprint density at radius 3 is 3.04 bits per heavy atom. The van der Waals surface area contributed by atoms with Crippen molar-refractivity contribution in [1.29, 1.82) is 0 Å². The van der Waals surface area contributed by atoms with Crippen LogP contribution in [0.25, 0.3) is 11.4 Å². The number of amides is 1. The van der Waals surface area contributed by atoms with Crippen LogP contribution < -0.4 is 10.1 Å². The molecule has 1 amide bonds. The molecular weight excluding hydrogens is 320 g/mol. The van der Waals surface area contributed by atoms with Crippen molar-refractivity contribution in [2.24, 2.45) is 5.92 Å². The summed E-state index contributed by atoms with van der Waals surface area (Å²) in [6.45, 7) is 0.553. The minimum Gasteiger partial charge on any atom is -0.492 e. The van der Waals surface area contributed by atoms with E-state index in [2.05, 4.69) is 20.4 Å². The maximum atomic E-state index is 12.4. The standard InChI is InChI=1S/C18H16N4O3/c23-18(14-8-12-4-1-2-6-15(12)24-11-14)20-10-16-21-17(22-25-16)13-5-3-7-19-9-13/h1-7,9,14H,8,10-11H2,(H,20,23). The Hall–Kier alpha value is -3.22. The van der Waals surface area contributed by atoms with Gasteiger partial charge in [0.1, 0.15) is 12.4 Å². The molecular formula is C18H16N4O3. The molecule has 1 aromatic carbocycles. The molecule has 0 bridgehead atoms. The molecule has 1 unspecified atom stereocenters. The van der Waals surface area contributed by atoms with Crippen LogP contribution in [-0.4, -0.2) is 27.6 Å². The van der Waals surface area contributed by atoms with Gasteiger partial charge < -0.3 is 14.6 Å². The van der Waals surface area contributed by atoms with E-state index in [0.717, 1.165) is 16.9 Å². The molecule has 0 radical (unpaired) electrons. The molecule has 1 aliphatic rings. The number of carbonyl (C=O) groups is 1. The van der Waals surface area contributed by atoms with Gasteiger partial charge >= 0.3 is 0 Å². The van der Waals surface area contributed by atoms with E-state index >= 15 is 0 Å². The van der Waals surface area contributed by atoms with Crippen molar-refractivity contribution < 1.29 is 14.1 Å². The number of fused-ring (bicyclic) bond motifs is 1. The number of benzene rings is 1. The van der Waals surface area contributed by atoms with Crippen molar-refractivity contribution in [3.8, 4) is 17.1 Å². The first kappa shape index (κ1) is 15.3. The van der Waals surface area contributed by atoms with Gasteiger partial charge in [-0.05, 0) is 30.2 Å². The highest BCUT2D eigenvalue weighted by atomic mass is 16.5. The molecule has 25 heavy (non-hydrogen) atoms. The summed E-state index contributed by atoms with van der Waals surface area (Å²) in [4.78, 5) is 20.7. The second kappa shape index (κ2) is 6.72. The highest BCUT2D eigenvalue weighted by molar-refractivity contribution is 5.79. The van der Waals surface area contributed by atoms with Crippen LogP contribution >= 0.6 is 0 Å². The number of rotatable bonds is 4. The van der Waals surface area contributed by atoms with Crippen LogP contribution in [0.4, 0.5) is 0 Å². The lowest BCUT2D eigenvalue weighted by Gasteiger charge is -2.24. The van der Waals surface area contributed by atoms with Crippen LogP contribution in [0, 0.1) is 5.92 Å². The van der Waals surface area contributed by atoms with Crippen molar-refractivity contribution in [3.63, 3.8) is 0 Å². The fourth-order valence-corrected chi connectivity index (χ4v) is 2.74. The Kier molecular flexibility index (Phi) is 4.12. The first-order valence-corrected chi connectivity index (χ1v) is 8.01. The summed E-state index contributed by atoms with van der Waals surface area (Å²) in [7, 11) is 0. The minimum absolute atomic E-state index is 0.0874. The van der Waals surface area contributed by atoms with E-state index in [0.29, 0.717) is 24.7 Å². The molecule has 0 spiro atoms. The smallest absolute Gasteiger partial charge is 0.246 e.